The summed E-state index contributed by atoms with van der Waals surface area (Å²) >= 11 is 0. The summed E-state index contributed by atoms with van der Waals surface area (Å²) in [5, 5.41) is 9.36. The first-order valence-corrected chi connectivity index (χ1v) is 9.80. The maximum absolute atomic E-state index is 5.97. The smallest absolute Gasteiger partial charge is 0.160 e. The summed E-state index contributed by atoms with van der Waals surface area (Å²) < 4.78 is 9.86. The van der Waals surface area contributed by atoms with E-state index in [9.17, 15) is 0 Å². The molecule has 7 nitrogen and oxygen atoms in total. The maximum atomic E-state index is 5.97. The van der Waals surface area contributed by atoms with Crippen LogP contribution in [0.3, 0.4) is 0 Å². The molecule has 7 heteroatoms. The van der Waals surface area contributed by atoms with E-state index in [-0.39, 0.29) is 11.6 Å². The number of hydrogen-bond acceptors (Lipinski definition) is 5. The Labute approximate surface area is 159 Å². The molecule has 27 heavy (non-hydrogen) atoms. The molecule has 0 amide bonds. The van der Waals surface area contributed by atoms with E-state index >= 15 is 0 Å². The maximum Gasteiger partial charge on any atom is 0.160 e. The molecular weight excluding hydrogens is 340 g/mol. The zero-order valence-electron chi connectivity index (χ0n) is 16.8. The molecule has 4 rings (SSSR count). The standard InChI is InChI=1S/C20H28N6O/c1-6-13(2)11-17-22-19(26(24-17)16-9-10-27-20(16,4)5)15-7-8-18-21-14(3)23-25(18)12-15/h7-8,12-13,16H,6,9-11H2,1-5H3. The predicted octanol–water partition coefficient (Wildman–Crippen LogP) is 3.62. The summed E-state index contributed by atoms with van der Waals surface area (Å²) in [5.41, 5.74) is 1.58. The molecule has 0 radical (unpaired) electrons. The minimum absolute atomic E-state index is 0.166. The van der Waals surface area contributed by atoms with Crippen LogP contribution < -0.4 is 0 Å². The second-order valence-corrected chi connectivity index (χ2v) is 8.15. The van der Waals surface area contributed by atoms with Gasteiger partial charge in [0.05, 0.1) is 11.6 Å². The fraction of sp³-hybridized carbons (Fsp3) is 0.600. The van der Waals surface area contributed by atoms with Gasteiger partial charge in [-0.05, 0) is 45.2 Å². The third kappa shape index (κ3) is 3.36. The molecule has 1 saturated heterocycles. The summed E-state index contributed by atoms with van der Waals surface area (Å²) in [6.45, 7) is 11.4. The van der Waals surface area contributed by atoms with Crippen molar-refractivity contribution in [2.75, 3.05) is 6.61 Å². The van der Waals surface area contributed by atoms with Crippen molar-refractivity contribution in [3.8, 4) is 11.4 Å². The Morgan fingerprint density at radius 1 is 1.26 bits per heavy atom. The lowest BCUT2D eigenvalue weighted by Gasteiger charge is -2.26. The van der Waals surface area contributed by atoms with Gasteiger partial charge in [-0.15, -0.1) is 0 Å². The van der Waals surface area contributed by atoms with Crippen LogP contribution in [0.1, 0.15) is 58.2 Å². The lowest BCUT2D eigenvalue weighted by molar-refractivity contribution is 0.0121. The van der Waals surface area contributed by atoms with Gasteiger partial charge >= 0.3 is 0 Å². The molecule has 1 fully saturated rings. The van der Waals surface area contributed by atoms with Gasteiger partial charge in [0.25, 0.3) is 0 Å². The van der Waals surface area contributed by atoms with Crippen LogP contribution in [0.2, 0.25) is 0 Å². The van der Waals surface area contributed by atoms with E-state index in [4.69, 9.17) is 14.8 Å². The Hall–Kier alpha value is -2.28. The van der Waals surface area contributed by atoms with Gasteiger partial charge < -0.3 is 4.74 Å². The third-order valence-electron chi connectivity index (χ3n) is 5.56. The first kappa shape index (κ1) is 18.1. The number of rotatable bonds is 5. The van der Waals surface area contributed by atoms with Crippen LogP contribution in [0.15, 0.2) is 18.3 Å². The van der Waals surface area contributed by atoms with Gasteiger partial charge in [0.1, 0.15) is 5.82 Å². The first-order chi connectivity index (χ1) is 12.9. The molecule has 0 bridgehead atoms. The number of fused-ring (bicyclic) bond motifs is 1. The molecule has 1 aliphatic rings. The molecule has 3 aromatic heterocycles. The van der Waals surface area contributed by atoms with Gasteiger partial charge in [-0.25, -0.2) is 19.2 Å². The van der Waals surface area contributed by atoms with Gasteiger partial charge in [0.15, 0.2) is 17.3 Å². The zero-order chi connectivity index (χ0) is 19.2. The van der Waals surface area contributed by atoms with Gasteiger partial charge in [-0.2, -0.15) is 10.2 Å². The van der Waals surface area contributed by atoms with Crippen molar-refractivity contribution in [1.82, 2.24) is 29.4 Å². The van der Waals surface area contributed by atoms with Crippen LogP contribution >= 0.6 is 0 Å². The monoisotopic (exact) mass is 368 g/mol. The van der Waals surface area contributed by atoms with Crippen molar-refractivity contribution < 1.29 is 4.74 Å². The number of aromatic nitrogens is 6. The minimum Gasteiger partial charge on any atom is -0.373 e. The van der Waals surface area contributed by atoms with E-state index < -0.39 is 0 Å². The van der Waals surface area contributed by atoms with E-state index in [1.807, 2.05) is 23.7 Å². The van der Waals surface area contributed by atoms with Crippen molar-refractivity contribution in [2.24, 2.45) is 5.92 Å². The summed E-state index contributed by atoms with van der Waals surface area (Å²) in [5.74, 6) is 3.10. The molecule has 0 N–H and O–H groups in total. The van der Waals surface area contributed by atoms with E-state index in [0.717, 1.165) is 54.6 Å². The van der Waals surface area contributed by atoms with Crippen LogP contribution in [0, 0.1) is 12.8 Å². The van der Waals surface area contributed by atoms with E-state index in [2.05, 4.69) is 48.5 Å². The summed E-state index contributed by atoms with van der Waals surface area (Å²) in [7, 11) is 0. The molecular formula is C20H28N6O. The van der Waals surface area contributed by atoms with Crippen LogP contribution in [0.25, 0.3) is 17.0 Å². The predicted molar refractivity (Wildman–Crippen MR) is 104 cm³/mol. The van der Waals surface area contributed by atoms with Gasteiger partial charge in [0, 0.05) is 24.8 Å². The summed E-state index contributed by atoms with van der Waals surface area (Å²) in [4.78, 5) is 9.34. The highest BCUT2D eigenvalue weighted by atomic mass is 16.5. The van der Waals surface area contributed by atoms with E-state index in [1.165, 1.54) is 0 Å². The molecule has 0 spiro atoms. The Balaban J connectivity index is 1.81. The molecule has 2 unspecified atom stereocenters. The van der Waals surface area contributed by atoms with Gasteiger partial charge in [-0.1, -0.05) is 20.3 Å². The van der Waals surface area contributed by atoms with Gasteiger partial charge in [0.2, 0.25) is 0 Å². The zero-order valence-corrected chi connectivity index (χ0v) is 16.8. The Bertz CT molecular complexity index is 957. The summed E-state index contributed by atoms with van der Waals surface area (Å²) in [6.07, 6.45) is 4.93. The number of aryl methyl sites for hydroxylation is 1. The number of hydrogen-bond donors (Lipinski definition) is 0. The van der Waals surface area contributed by atoms with Crippen LogP contribution in [0.4, 0.5) is 0 Å². The topological polar surface area (TPSA) is 70.1 Å². The Kier molecular flexibility index (Phi) is 4.50. The fourth-order valence-corrected chi connectivity index (χ4v) is 3.74. The molecule has 0 aromatic carbocycles. The first-order valence-electron chi connectivity index (χ1n) is 9.80. The molecule has 1 aliphatic heterocycles. The van der Waals surface area contributed by atoms with Crippen molar-refractivity contribution in [1.29, 1.82) is 0 Å². The van der Waals surface area contributed by atoms with E-state index in [1.54, 1.807) is 0 Å². The fourth-order valence-electron chi connectivity index (χ4n) is 3.74. The van der Waals surface area contributed by atoms with Crippen LogP contribution in [-0.2, 0) is 11.2 Å². The Morgan fingerprint density at radius 2 is 2.07 bits per heavy atom. The van der Waals surface area contributed by atoms with Crippen molar-refractivity contribution in [3.05, 3.63) is 30.0 Å². The van der Waals surface area contributed by atoms with Crippen LogP contribution in [0.5, 0.6) is 0 Å². The summed E-state index contributed by atoms with van der Waals surface area (Å²) in [6, 6.07) is 4.21. The minimum atomic E-state index is -0.260. The average molecular weight is 368 g/mol. The van der Waals surface area contributed by atoms with E-state index in [0.29, 0.717) is 5.92 Å². The highest BCUT2D eigenvalue weighted by Crippen LogP contribution is 2.37. The molecule has 2 atom stereocenters. The van der Waals surface area contributed by atoms with Crippen molar-refractivity contribution >= 4 is 5.65 Å². The Morgan fingerprint density at radius 3 is 2.78 bits per heavy atom. The molecule has 0 aliphatic carbocycles. The van der Waals surface area contributed by atoms with Gasteiger partial charge in [-0.3, -0.25) is 0 Å². The highest BCUT2D eigenvalue weighted by molar-refractivity contribution is 5.57. The number of ether oxygens (including phenoxy) is 1. The highest BCUT2D eigenvalue weighted by Gasteiger charge is 2.39. The number of nitrogens with zero attached hydrogens (tertiary/aromatic N) is 6. The second-order valence-electron chi connectivity index (χ2n) is 8.15. The second kappa shape index (κ2) is 6.71. The molecule has 0 saturated carbocycles. The average Bonchev–Trinajstić information content (AvgIpc) is 3.29. The SMILES string of the molecule is CCC(C)Cc1nc(-c2ccc3nc(C)nn3c2)n(C2CCOC2(C)C)n1. The molecule has 3 aromatic rings. The lowest BCUT2D eigenvalue weighted by atomic mass is 9.99. The largest absolute Gasteiger partial charge is 0.373 e. The molecule has 4 heterocycles. The normalized spacial score (nSPS) is 20.4. The lowest BCUT2D eigenvalue weighted by Crippen LogP contribution is -2.31. The van der Waals surface area contributed by atoms with Crippen molar-refractivity contribution in [3.63, 3.8) is 0 Å². The molecule has 144 valence electrons. The quantitative estimate of drug-likeness (QED) is 0.688. The number of pyridine rings is 1. The third-order valence-corrected chi connectivity index (χ3v) is 5.56. The van der Waals surface area contributed by atoms with Crippen LogP contribution in [-0.4, -0.2) is 41.6 Å². The van der Waals surface area contributed by atoms with Crippen molar-refractivity contribution in [2.45, 2.75) is 65.5 Å².